The number of halogens is 2. The van der Waals surface area contributed by atoms with Crippen LogP contribution in [0.4, 0.5) is 0 Å². The number of benzene rings is 2. The summed E-state index contributed by atoms with van der Waals surface area (Å²) in [7, 11) is 1.93. The van der Waals surface area contributed by atoms with Crippen LogP contribution in [-0.2, 0) is 5.75 Å². The van der Waals surface area contributed by atoms with Crippen LogP contribution in [0.15, 0.2) is 47.4 Å². The minimum absolute atomic E-state index is 0.255. The van der Waals surface area contributed by atoms with E-state index >= 15 is 0 Å². The summed E-state index contributed by atoms with van der Waals surface area (Å²) in [6.45, 7) is 2.10. The van der Waals surface area contributed by atoms with Gasteiger partial charge >= 0.3 is 0 Å². The Kier molecular flexibility index (Phi) is 5.79. The molecule has 20 heavy (non-hydrogen) atoms. The lowest BCUT2D eigenvalue weighted by Crippen LogP contribution is -2.12. The Labute approximate surface area is 134 Å². The molecule has 0 saturated heterocycles. The minimum Gasteiger partial charge on any atom is -0.313 e. The van der Waals surface area contributed by atoms with Crippen molar-refractivity contribution in [1.29, 1.82) is 0 Å². The summed E-state index contributed by atoms with van der Waals surface area (Å²) in [6, 6.07) is 14.4. The Hall–Kier alpha value is -0.670. The van der Waals surface area contributed by atoms with Gasteiger partial charge in [0, 0.05) is 26.7 Å². The molecule has 2 rings (SSSR count). The third-order valence-electron chi connectivity index (χ3n) is 3.22. The average Bonchev–Trinajstić information content (AvgIpc) is 2.46. The topological polar surface area (TPSA) is 12.0 Å². The normalized spacial score (nSPS) is 12.4. The van der Waals surface area contributed by atoms with Gasteiger partial charge in [-0.15, -0.1) is 11.8 Å². The molecule has 1 unspecified atom stereocenters. The summed E-state index contributed by atoms with van der Waals surface area (Å²) in [5.74, 6) is 0.844. The lowest BCUT2D eigenvalue weighted by atomic mass is 10.1. The number of rotatable bonds is 5. The van der Waals surface area contributed by atoms with E-state index in [0.29, 0.717) is 0 Å². The van der Waals surface area contributed by atoms with Gasteiger partial charge in [0.15, 0.2) is 0 Å². The zero-order chi connectivity index (χ0) is 14.5. The molecule has 2 aromatic carbocycles. The molecular weight excluding hydrogens is 309 g/mol. The second kappa shape index (κ2) is 7.37. The molecule has 0 aliphatic carbocycles. The predicted molar refractivity (Wildman–Crippen MR) is 89.9 cm³/mol. The molecule has 0 saturated carbocycles. The Balaban J connectivity index is 2.08. The van der Waals surface area contributed by atoms with E-state index in [2.05, 4.69) is 24.4 Å². The van der Waals surface area contributed by atoms with Crippen LogP contribution < -0.4 is 5.32 Å². The van der Waals surface area contributed by atoms with Crippen LogP contribution in [-0.4, -0.2) is 7.05 Å². The van der Waals surface area contributed by atoms with Gasteiger partial charge in [-0.05, 0) is 43.3 Å². The first-order valence-electron chi connectivity index (χ1n) is 6.44. The molecule has 0 radical (unpaired) electrons. The fourth-order valence-electron chi connectivity index (χ4n) is 1.88. The minimum atomic E-state index is 0.255. The summed E-state index contributed by atoms with van der Waals surface area (Å²) >= 11 is 14.2. The molecule has 0 aromatic heterocycles. The van der Waals surface area contributed by atoms with Gasteiger partial charge in [0.1, 0.15) is 0 Å². The van der Waals surface area contributed by atoms with Crippen LogP contribution in [0, 0.1) is 0 Å². The van der Waals surface area contributed by atoms with Gasteiger partial charge in [-0.3, -0.25) is 0 Å². The highest BCUT2D eigenvalue weighted by molar-refractivity contribution is 7.98. The van der Waals surface area contributed by atoms with E-state index in [1.807, 2.05) is 37.4 Å². The van der Waals surface area contributed by atoms with Crippen molar-refractivity contribution in [2.75, 3.05) is 7.05 Å². The van der Waals surface area contributed by atoms with Crippen molar-refractivity contribution >= 4 is 35.0 Å². The summed E-state index contributed by atoms with van der Waals surface area (Å²) in [5, 5.41) is 4.81. The standard InChI is InChI=1S/C16H17Cl2NS/c1-11(19-2)14-8-7-13(9-16(14)18)20-10-12-5-3-4-6-15(12)17/h3-9,11,19H,10H2,1-2H3. The number of hydrogen-bond donors (Lipinski definition) is 1. The zero-order valence-electron chi connectivity index (χ0n) is 11.5. The van der Waals surface area contributed by atoms with Crippen LogP contribution >= 0.6 is 35.0 Å². The highest BCUT2D eigenvalue weighted by Gasteiger charge is 2.08. The van der Waals surface area contributed by atoms with Crippen molar-refractivity contribution in [3.05, 3.63) is 63.6 Å². The van der Waals surface area contributed by atoms with E-state index in [9.17, 15) is 0 Å². The molecule has 0 amide bonds. The van der Waals surface area contributed by atoms with E-state index < -0.39 is 0 Å². The molecule has 0 spiro atoms. The largest absolute Gasteiger partial charge is 0.313 e. The Morgan fingerprint density at radius 2 is 1.85 bits per heavy atom. The van der Waals surface area contributed by atoms with E-state index in [1.54, 1.807) is 11.8 Å². The maximum Gasteiger partial charge on any atom is 0.0464 e. The van der Waals surface area contributed by atoms with E-state index in [-0.39, 0.29) is 6.04 Å². The second-order valence-corrected chi connectivity index (χ2v) is 6.44. The van der Waals surface area contributed by atoms with Crippen molar-refractivity contribution in [3.8, 4) is 0 Å². The third kappa shape index (κ3) is 3.92. The molecular formula is C16H17Cl2NS. The van der Waals surface area contributed by atoms with Gasteiger partial charge in [0.25, 0.3) is 0 Å². The van der Waals surface area contributed by atoms with Gasteiger partial charge in [-0.1, -0.05) is 47.5 Å². The summed E-state index contributed by atoms with van der Waals surface area (Å²) in [5.41, 5.74) is 2.26. The van der Waals surface area contributed by atoms with Crippen molar-refractivity contribution in [3.63, 3.8) is 0 Å². The van der Waals surface area contributed by atoms with Crippen LogP contribution in [0.25, 0.3) is 0 Å². The molecule has 2 aromatic rings. The third-order valence-corrected chi connectivity index (χ3v) is 4.96. The molecule has 0 aliphatic heterocycles. The molecule has 0 bridgehead atoms. The highest BCUT2D eigenvalue weighted by Crippen LogP contribution is 2.31. The van der Waals surface area contributed by atoms with Crippen molar-refractivity contribution in [1.82, 2.24) is 5.32 Å². The van der Waals surface area contributed by atoms with Crippen molar-refractivity contribution in [2.24, 2.45) is 0 Å². The lowest BCUT2D eigenvalue weighted by Gasteiger charge is -2.13. The van der Waals surface area contributed by atoms with Crippen molar-refractivity contribution < 1.29 is 0 Å². The maximum atomic E-state index is 6.34. The molecule has 106 valence electrons. The molecule has 1 N–H and O–H groups in total. The fourth-order valence-corrected chi connectivity index (χ4v) is 3.51. The monoisotopic (exact) mass is 325 g/mol. The number of hydrogen-bond acceptors (Lipinski definition) is 2. The van der Waals surface area contributed by atoms with Crippen molar-refractivity contribution in [2.45, 2.75) is 23.6 Å². The smallest absolute Gasteiger partial charge is 0.0464 e. The van der Waals surface area contributed by atoms with Crippen LogP contribution in [0.2, 0.25) is 10.0 Å². The highest BCUT2D eigenvalue weighted by atomic mass is 35.5. The molecule has 1 nitrogen and oxygen atoms in total. The molecule has 0 aliphatic rings. The SMILES string of the molecule is CNC(C)c1ccc(SCc2ccccc2Cl)cc1Cl. The van der Waals surface area contributed by atoms with Gasteiger partial charge in [-0.25, -0.2) is 0 Å². The molecule has 0 fully saturated rings. The Morgan fingerprint density at radius 1 is 1.10 bits per heavy atom. The summed E-state index contributed by atoms with van der Waals surface area (Å²) in [6.07, 6.45) is 0. The molecule has 1 atom stereocenters. The van der Waals surface area contributed by atoms with Gasteiger partial charge in [-0.2, -0.15) is 0 Å². The summed E-state index contributed by atoms with van der Waals surface area (Å²) in [4.78, 5) is 1.15. The first-order chi connectivity index (χ1) is 9.61. The Bertz CT molecular complexity index is 586. The lowest BCUT2D eigenvalue weighted by molar-refractivity contribution is 0.652. The maximum absolute atomic E-state index is 6.34. The van der Waals surface area contributed by atoms with E-state index in [4.69, 9.17) is 23.2 Å². The van der Waals surface area contributed by atoms with Gasteiger partial charge in [0.2, 0.25) is 0 Å². The summed E-state index contributed by atoms with van der Waals surface area (Å²) < 4.78 is 0. The van der Waals surface area contributed by atoms with Crippen LogP contribution in [0.1, 0.15) is 24.1 Å². The second-order valence-electron chi connectivity index (χ2n) is 4.57. The quantitative estimate of drug-likeness (QED) is 0.721. The number of nitrogens with one attached hydrogen (secondary N) is 1. The zero-order valence-corrected chi connectivity index (χ0v) is 13.8. The number of thioether (sulfide) groups is 1. The van der Waals surface area contributed by atoms with Gasteiger partial charge < -0.3 is 5.32 Å². The first-order valence-corrected chi connectivity index (χ1v) is 8.19. The van der Waals surface area contributed by atoms with E-state index in [0.717, 1.165) is 31.8 Å². The fraction of sp³-hybridized carbons (Fsp3) is 0.250. The van der Waals surface area contributed by atoms with Gasteiger partial charge in [0.05, 0.1) is 0 Å². The first kappa shape index (κ1) is 15.7. The molecule has 4 heteroatoms. The van der Waals surface area contributed by atoms with Crippen LogP contribution in [0.5, 0.6) is 0 Å². The Morgan fingerprint density at radius 3 is 2.50 bits per heavy atom. The average molecular weight is 326 g/mol. The predicted octanol–water partition coefficient (Wildman–Crippen LogP) is 5.57. The molecule has 0 heterocycles. The van der Waals surface area contributed by atoms with E-state index in [1.165, 1.54) is 0 Å². The van der Waals surface area contributed by atoms with Crippen LogP contribution in [0.3, 0.4) is 0 Å².